The van der Waals surface area contributed by atoms with E-state index in [0.717, 1.165) is 0 Å². The Balaban J connectivity index is 3.46. The Kier molecular flexibility index (Phi) is 3.04. The summed E-state index contributed by atoms with van der Waals surface area (Å²) in [4.78, 5) is 3.27. The first kappa shape index (κ1) is 10.5. The summed E-state index contributed by atoms with van der Waals surface area (Å²) in [6.07, 6.45) is -2.40. The molecule has 0 fully saturated rings. The van der Waals surface area contributed by atoms with E-state index >= 15 is 0 Å². The number of rotatable bonds is 2. The maximum absolute atomic E-state index is 12.8. The molecule has 0 saturated carbocycles. The first-order valence-electron chi connectivity index (χ1n) is 3.58. The van der Waals surface area contributed by atoms with E-state index in [4.69, 9.17) is 10.4 Å². The smallest absolute Gasteiger partial charge is 0.267 e. The number of aliphatic hydroxyl groups excluding tert-OH is 1. The van der Waals surface area contributed by atoms with Gasteiger partial charge in [0.1, 0.15) is 11.6 Å². The predicted molar refractivity (Wildman–Crippen MR) is 39.8 cm³/mol. The minimum Gasteiger partial charge on any atom is -0.390 e. The van der Waals surface area contributed by atoms with Crippen LogP contribution in [0.2, 0.25) is 0 Å². The lowest BCUT2D eigenvalue weighted by Gasteiger charge is -2.07. The van der Waals surface area contributed by atoms with Gasteiger partial charge in [-0.15, -0.1) is 0 Å². The van der Waals surface area contributed by atoms with Crippen LogP contribution in [0, 0.1) is 17.1 Å². The molecule has 0 saturated heterocycles. The van der Waals surface area contributed by atoms with Crippen molar-refractivity contribution in [2.45, 2.75) is 13.0 Å². The van der Waals surface area contributed by atoms with Crippen LogP contribution in [0.15, 0.2) is 6.20 Å². The maximum atomic E-state index is 12.8. The van der Waals surface area contributed by atoms with Gasteiger partial charge in [-0.05, 0) is 0 Å². The fourth-order valence-electron chi connectivity index (χ4n) is 1.02. The average molecular weight is 202 g/mol. The molecule has 0 unspecified atom stereocenters. The van der Waals surface area contributed by atoms with Gasteiger partial charge in [-0.25, -0.2) is 13.2 Å². The molecule has 0 aliphatic heterocycles. The molecule has 74 valence electrons. The SMILES string of the molecule is N#Cc1c(F)cnc(CO)c1C(F)F. The second-order valence-electron chi connectivity index (χ2n) is 2.41. The van der Waals surface area contributed by atoms with Crippen LogP contribution >= 0.6 is 0 Å². The van der Waals surface area contributed by atoms with Crippen LogP contribution in [0.4, 0.5) is 13.2 Å². The van der Waals surface area contributed by atoms with Crippen LogP contribution in [-0.4, -0.2) is 10.1 Å². The molecule has 1 aromatic rings. The summed E-state index contributed by atoms with van der Waals surface area (Å²) in [5.74, 6) is -1.11. The summed E-state index contributed by atoms with van der Waals surface area (Å²) in [5, 5.41) is 17.1. The first-order chi connectivity index (χ1) is 6.61. The van der Waals surface area contributed by atoms with Gasteiger partial charge in [0.15, 0.2) is 5.82 Å². The third-order valence-corrected chi connectivity index (χ3v) is 1.63. The fraction of sp³-hybridized carbons (Fsp3) is 0.250. The summed E-state index contributed by atoms with van der Waals surface area (Å²) >= 11 is 0. The molecule has 6 heteroatoms. The van der Waals surface area contributed by atoms with Gasteiger partial charge in [0.2, 0.25) is 0 Å². The second kappa shape index (κ2) is 4.07. The second-order valence-corrected chi connectivity index (χ2v) is 2.41. The molecule has 1 heterocycles. The van der Waals surface area contributed by atoms with Crippen molar-refractivity contribution in [3.05, 3.63) is 28.8 Å². The molecular formula is C8H5F3N2O. The third kappa shape index (κ3) is 1.67. The standard InChI is InChI=1S/C8H5F3N2O/c9-5-2-13-6(3-14)7(8(10)11)4(5)1-12/h2,8,14H,3H2. The molecule has 0 aliphatic carbocycles. The molecule has 1 N–H and O–H groups in total. The van der Waals surface area contributed by atoms with E-state index < -0.39 is 30.0 Å². The number of aliphatic hydroxyl groups is 1. The van der Waals surface area contributed by atoms with Crippen molar-refractivity contribution in [1.82, 2.24) is 4.98 Å². The lowest BCUT2D eigenvalue weighted by Crippen LogP contribution is -2.04. The van der Waals surface area contributed by atoms with Crippen molar-refractivity contribution in [2.75, 3.05) is 0 Å². The molecule has 3 nitrogen and oxygen atoms in total. The molecule has 0 aliphatic rings. The molecule has 0 spiro atoms. The summed E-state index contributed by atoms with van der Waals surface area (Å²) < 4.78 is 37.6. The highest BCUT2D eigenvalue weighted by Crippen LogP contribution is 2.26. The molecule has 1 rings (SSSR count). The quantitative estimate of drug-likeness (QED) is 0.790. The van der Waals surface area contributed by atoms with Crippen LogP contribution in [-0.2, 0) is 6.61 Å². The number of nitrogens with zero attached hydrogens (tertiary/aromatic N) is 2. The Morgan fingerprint density at radius 1 is 1.57 bits per heavy atom. The van der Waals surface area contributed by atoms with Gasteiger partial charge >= 0.3 is 0 Å². The summed E-state index contributed by atoms with van der Waals surface area (Å²) in [6.45, 7) is -0.755. The van der Waals surface area contributed by atoms with E-state index in [0.29, 0.717) is 6.20 Å². The molecule has 14 heavy (non-hydrogen) atoms. The highest BCUT2D eigenvalue weighted by atomic mass is 19.3. The van der Waals surface area contributed by atoms with Crippen molar-refractivity contribution < 1.29 is 18.3 Å². The zero-order valence-electron chi connectivity index (χ0n) is 6.84. The highest BCUT2D eigenvalue weighted by Gasteiger charge is 2.21. The van der Waals surface area contributed by atoms with Crippen molar-refractivity contribution in [2.24, 2.45) is 0 Å². The number of aromatic nitrogens is 1. The molecule has 0 bridgehead atoms. The van der Waals surface area contributed by atoms with E-state index in [1.54, 1.807) is 0 Å². The zero-order chi connectivity index (χ0) is 10.7. The largest absolute Gasteiger partial charge is 0.390 e. The first-order valence-corrected chi connectivity index (χ1v) is 3.58. The van der Waals surface area contributed by atoms with Crippen molar-refractivity contribution >= 4 is 0 Å². The number of alkyl halides is 2. The Morgan fingerprint density at radius 3 is 2.64 bits per heavy atom. The van der Waals surface area contributed by atoms with Crippen LogP contribution in [0.1, 0.15) is 23.2 Å². The van der Waals surface area contributed by atoms with E-state index in [1.807, 2.05) is 0 Å². The lowest BCUT2D eigenvalue weighted by molar-refractivity contribution is 0.145. The summed E-state index contributed by atoms with van der Waals surface area (Å²) in [6, 6.07) is 1.31. The minimum absolute atomic E-state index is 0.377. The van der Waals surface area contributed by atoms with E-state index in [9.17, 15) is 13.2 Å². The Labute approximate surface area is 77.4 Å². The number of hydrogen-bond donors (Lipinski definition) is 1. The van der Waals surface area contributed by atoms with E-state index in [2.05, 4.69) is 4.98 Å². The molecule has 0 atom stereocenters. The normalized spacial score (nSPS) is 10.3. The van der Waals surface area contributed by atoms with Crippen LogP contribution in [0.5, 0.6) is 0 Å². The van der Waals surface area contributed by atoms with Gasteiger partial charge in [-0.3, -0.25) is 4.98 Å². The number of nitriles is 1. The molecule has 1 aromatic heterocycles. The monoisotopic (exact) mass is 202 g/mol. The van der Waals surface area contributed by atoms with Gasteiger partial charge in [0.05, 0.1) is 24.1 Å². The van der Waals surface area contributed by atoms with E-state index in [-0.39, 0.29) is 5.69 Å². The van der Waals surface area contributed by atoms with Gasteiger partial charge in [0, 0.05) is 0 Å². The third-order valence-electron chi connectivity index (χ3n) is 1.63. The Morgan fingerprint density at radius 2 is 2.21 bits per heavy atom. The molecular weight excluding hydrogens is 197 g/mol. The van der Waals surface area contributed by atoms with Gasteiger partial charge < -0.3 is 5.11 Å². The maximum Gasteiger partial charge on any atom is 0.267 e. The minimum atomic E-state index is -3.03. The van der Waals surface area contributed by atoms with Crippen LogP contribution in [0.3, 0.4) is 0 Å². The Bertz CT molecular complexity index is 387. The predicted octanol–water partition coefficient (Wildman–Crippen LogP) is 1.52. The topological polar surface area (TPSA) is 56.9 Å². The lowest BCUT2D eigenvalue weighted by atomic mass is 10.1. The zero-order valence-corrected chi connectivity index (χ0v) is 6.84. The van der Waals surface area contributed by atoms with Gasteiger partial charge in [-0.1, -0.05) is 0 Å². The molecule has 0 radical (unpaired) electrons. The van der Waals surface area contributed by atoms with Crippen LogP contribution in [0.25, 0.3) is 0 Å². The average Bonchev–Trinajstić information content (AvgIpc) is 2.17. The van der Waals surface area contributed by atoms with Crippen molar-refractivity contribution in [1.29, 1.82) is 5.26 Å². The molecule has 0 aromatic carbocycles. The molecule has 0 amide bonds. The van der Waals surface area contributed by atoms with Crippen molar-refractivity contribution in [3.63, 3.8) is 0 Å². The summed E-state index contributed by atoms with van der Waals surface area (Å²) in [7, 11) is 0. The number of pyridine rings is 1. The highest BCUT2D eigenvalue weighted by molar-refractivity contribution is 5.41. The van der Waals surface area contributed by atoms with Gasteiger partial charge in [-0.2, -0.15) is 5.26 Å². The fourth-order valence-corrected chi connectivity index (χ4v) is 1.02. The Hall–Kier alpha value is -1.61. The van der Waals surface area contributed by atoms with E-state index in [1.165, 1.54) is 6.07 Å². The van der Waals surface area contributed by atoms with Crippen molar-refractivity contribution in [3.8, 4) is 6.07 Å². The number of hydrogen-bond acceptors (Lipinski definition) is 3. The number of halogens is 3. The van der Waals surface area contributed by atoms with Gasteiger partial charge in [0.25, 0.3) is 6.43 Å². The summed E-state index contributed by atoms with van der Waals surface area (Å²) in [5.41, 5.74) is -1.98. The van der Waals surface area contributed by atoms with Crippen LogP contribution < -0.4 is 0 Å².